The van der Waals surface area contributed by atoms with E-state index in [2.05, 4.69) is 28.4 Å². The number of aromatic nitrogens is 3. The van der Waals surface area contributed by atoms with Crippen molar-refractivity contribution in [2.75, 3.05) is 18.8 Å². The lowest BCUT2D eigenvalue weighted by molar-refractivity contribution is -0.390. The lowest BCUT2D eigenvalue weighted by atomic mass is 10.2. The first kappa shape index (κ1) is 19.6. The fraction of sp³-hybridized carbons (Fsp3) is 0.471. The zero-order valence-corrected chi connectivity index (χ0v) is 16.8. The highest BCUT2D eigenvalue weighted by Crippen LogP contribution is 2.29. The summed E-state index contributed by atoms with van der Waals surface area (Å²) in [6, 6.07) is 0. The molecule has 1 atom stereocenters. The van der Waals surface area contributed by atoms with Gasteiger partial charge >= 0.3 is 5.82 Å². The Labute approximate surface area is 166 Å². The second-order valence-corrected chi connectivity index (χ2v) is 8.48. The van der Waals surface area contributed by atoms with Crippen molar-refractivity contribution in [1.29, 1.82) is 5.41 Å². The topological polar surface area (TPSA) is 101 Å². The molecule has 1 unspecified atom stereocenters. The summed E-state index contributed by atoms with van der Waals surface area (Å²) >= 11 is 3.31. The quantitative estimate of drug-likeness (QED) is 0.323. The van der Waals surface area contributed by atoms with Crippen LogP contribution < -0.4 is 0 Å². The van der Waals surface area contributed by atoms with Crippen LogP contribution in [-0.4, -0.2) is 54.3 Å². The van der Waals surface area contributed by atoms with Crippen molar-refractivity contribution in [3.63, 3.8) is 0 Å². The third-order valence-electron chi connectivity index (χ3n) is 4.42. The highest BCUT2D eigenvalue weighted by molar-refractivity contribution is 8.00. The zero-order valence-electron chi connectivity index (χ0n) is 15.1. The van der Waals surface area contributed by atoms with Gasteiger partial charge in [-0.2, -0.15) is 16.3 Å². The molecular weight excluding hydrogens is 384 g/mol. The maximum absolute atomic E-state index is 11.1. The average molecular weight is 407 g/mol. The van der Waals surface area contributed by atoms with Gasteiger partial charge in [0.1, 0.15) is 17.7 Å². The summed E-state index contributed by atoms with van der Waals surface area (Å²) in [7, 11) is 0. The molecule has 27 heavy (non-hydrogen) atoms. The second kappa shape index (κ2) is 8.66. The number of thiazole rings is 1. The SMILES string of the molecule is C=Cn1c([N+](=O)[O-])cnc1-c1nc(C(=N)N2CCSC(CCCC)C2)cs1. The standard InChI is InChI=1S/C17H22N6O2S2/c1-3-5-6-12-10-21(7-8-26-12)15(18)13-11-27-17(20-13)16-19-9-14(23(24)25)22(16)4-2/h4,9,11-12,18H,2-3,5-8,10H2,1H3. The maximum Gasteiger partial charge on any atom is 0.347 e. The van der Waals surface area contributed by atoms with Crippen LogP contribution in [0.4, 0.5) is 5.82 Å². The monoisotopic (exact) mass is 406 g/mol. The average Bonchev–Trinajstić information content (AvgIpc) is 3.32. The van der Waals surface area contributed by atoms with E-state index in [4.69, 9.17) is 5.41 Å². The van der Waals surface area contributed by atoms with Crippen LogP contribution in [0.15, 0.2) is 18.2 Å². The number of nitrogens with one attached hydrogen (secondary N) is 1. The minimum Gasteiger partial charge on any atom is -0.358 e. The Balaban J connectivity index is 1.77. The first-order valence-corrected chi connectivity index (χ1v) is 10.7. The van der Waals surface area contributed by atoms with Gasteiger partial charge in [-0.15, -0.1) is 11.3 Å². The minimum absolute atomic E-state index is 0.154. The van der Waals surface area contributed by atoms with Crippen molar-refractivity contribution in [3.05, 3.63) is 34.0 Å². The van der Waals surface area contributed by atoms with Crippen LogP contribution in [0, 0.1) is 15.5 Å². The van der Waals surface area contributed by atoms with Crippen LogP contribution in [0.2, 0.25) is 0 Å². The fourth-order valence-corrected chi connectivity index (χ4v) is 5.07. The van der Waals surface area contributed by atoms with Gasteiger partial charge in [-0.25, -0.2) is 9.97 Å². The Morgan fingerprint density at radius 2 is 2.41 bits per heavy atom. The summed E-state index contributed by atoms with van der Waals surface area (Å²) in [4.78, 5) is 21.3. The number of amidine groups is 1. The number of nitro groups is 1. The van der Waals surface area contributed by atoms with Crippen molar-refractivity contribution in [1.82, 2.24) is 19.4 Å². The molecule has 3 heterocycles. The number of hydrogen-bond donors (Lipinski definition) is 1. The summed E-state index contributed by atoms with van der Waals surface area (Å²) in [5.41, 5.74) is 0.581. The Morgan fingerprint density at radius 3 is 3.11 bits per heavy atom. The minimum atomic E-state index is -0.503. The van der Waals surface area contributed by atoms with Crippen LogP contribution >= 0.6 is 23.1 Å². The van der Waals surface area contributed by atoms with Crippen molar-refractivity contribution in [2.24, 2.45) is 0 Å². The molecule has 0 saturated carbocycles. The van der Waals surface area contributed by atoms with Crippen molar-refractivity contribution >= 4 is 41.0 Å². The second-order valence-electron chi connectivity index (χ2n) is 6.22. The van der Waals surface area contributed by atoms with Crippen molar-refractivity contribution in [2.45, 2.75) is 31.4 Å². The molecule has 1 fully saturated rings. The normalized spacial score (nSPS) is 17.1. The van der Waals surface area contributed by atoms with Crippen LogP contribution in [0.25, 0.3) is 17.0 Å². The van der Waals surface area contributed by atoms with Gasteiger partial charge in [0.25, 0.3) is 5.82 Å². The molecule has 1 aliphatic heterocycles. The molecule has 3 rings (SSSR count). The third kappa shape index (κ3) is 4.22. The van der Waals surface area contributed by atoms with E-state index in [-0.39, 0.29) is 5.82 Å². The van der Waals surface area contributed by atoms with Gasteiger partial charge < -0.3 is 15.0 Å². The summed E-state index contributed by atoms with van der Waals surface area (Å²) in [6.07, 6.45) is 6.12. The number of unbranched alkanes of at least 4 members (excludes halogenated alkanes) is 1. The van der Waals surface area contributed by atoms with Crippen LogP contribution in [0.5, 0.6) is 0 Å². The van der Waals surface area contributed by atoms with Gasteiger partial charge in [-0.1, -0.05) is 26.3 Å². The lowest BCUT2D eigenvalue weighted by Gasteiger charge is -2.33. The van der Waals surface area contributed by atoms with E-state index in [9.17, 15) is 10.1 Å². The molecule has 2 aromatic rings. The molecule has 0 bridgehead atoms. The third-order valence-corrected chi connectivity index (χ3v) is 6.53. The molecule has 1 saturated heterocycles. The van der Waals surface area contributed by atoms with Gasteiger partial charge in [-0.3, -0.25) is 5.41 Å². The smallest absolute Gasteiger partial charge is 0.347 e. The van der Waals surface area contributed by atoms with Gasteiger partial charge in [0.2, 0.25) is 0 Å². The molecule has 0 spiro atoms. The van der Waals surface area contributed by atoms with E-state index in [0.717, 1.165) is 18.8 Å². The molecule has 2 aromatic heterocycles. The molecule has 0 amide bonds. The van der Waals surface area contributed by atoms with Gasteiger partial charge in [0.15, 0.2) is 5.01 Å². The van der Waals surface area contributed by atoms with Crippen molar-refractivity contribution in [3.8, 4) is 10.8 Å². The first-order valence-electron chi connectivity index (χ1n) is 8.80. The van der Waals surface area contributed by atoms with Crippen LogP contribution in [0.1, 0.15) is 31.9 Å². The molecule has 0 aliphatic carbocycles. The fourth-order valence-electron chi connectivity index (χ4n) is 3.00. The Bertz CT molecular complexity index is 846. The molecule has 0 aromatic carbocycles. The summed E-state index contributed by atoms with van der Waals surface area (Å²) in [5.74, 6) is 1.64. The molecule has 1 N–H and O–H groups in total. The number of hydrogen-bond acceptors (Lipinski definition) is 7. The van der Waals surface area contributed by atoms with E-state index in [0.29, 0.717) is 27.6 Å². The predicted molar refractivity (Wildman–Crippen MR) is 111 cm³/mol. The number of imidazole rings is 1. The number of rotatable bonds is 7. The number of nitrogens with zero attached hydrogens (tertiary/aromatic N) is 5. The van der Waals surface area contributed by atoms with E-state index in [1.165, 1.54) is 47.6 Å². The van der Waals surface area contributed by atoms with E-state index in [1.54, 1.807) is 0 Å². The van der Waals surface area contributed by atoms with Crippen LogP contribution in [-0.2, 0) is 0 Å². The van der Waals surface area contributed by atoms with Gasteiger partial charge in [-0.05, 0) is 11.3 Å². The van der Waals surface area contributed by atoms with Crippen LogP contribution in [0.3, 0.4) is 0 Å². The first-order chi connectivity index (χ1) is 13.0. The summed E-state index contributed by atoms with van der Waals surface area (Å²) in [5, 5.41) is 22.5. The molecule has 8 nitrogen and oxygen atoms in total. The van der Waals surface area contributed by atoms with Gasteiger partial charge in [0, 0.05) is 29.5 Å². The Hall–Kier alpha value is -2.20. The number of thioether (sulfide) groups is 1. The molecule has 1 aliphatic rings. The summed E-state index contributed by atoms with van der Waals surface area (Å²) in [6.45, 7) is 7.52. The molecule has 0 radical (unpaired) electrons. The lowest BCUT2D eigenvalue weighted by Crippen LogP contribution is -2.42. The molecular formula is C17H22N6O2S2. The Morgan fingerprint density at radius 1 is 1.59 bits per heavy atom. The highest BCUT2D eigenvalue weighted by atomic mass is 32.2. The Kier molecular flexibility index (Phi) is 6.27. The molecule has 10 heteroatoms. The maximum atomic E-state index is 11.1. The van der Waals surface area contributed by atoms with Gasteiger partial charge in [0.05, 0.1) is 6.20 Å². The highest BCUT2D eigenvalue weighted by Gasteiger charge is 2.26. The predicted octanol–water partition coefficient (Wildman–Crippen LogP) is 3.95. The van der Waals surface area contributed by atoms with E-state index >= 15 is 0 Å². The largest absolute Gasteiger partial charge is 0.358 e. The van der Waals surface area contributed by atoms with Crippen molar-refractivity contribution < 1.29 is 4.92 Å². The summed E-state index contributed by atoms with van der Waals surface area (Å²) < 4.78 is 1.31. The van der Waals surface area contributed by atoms with E-state index < -0.39 is 4.92 Å². The van der Waals surface area contributed by atoms with E-state index in [1.807, 2.05) is 17.1 Å². The zero-order chi connectivity index (χ0) is 19.4. The molecule has 144 valence electrons.